The summed E-state index contributed by atoms with van der Waals surface area (Å²) in [5.74, 6) is -0.139. The van der Waals surface area contributed by atoms with Gasteiger partial charge in [-0.2, -0.15) is 5.26 Å². The Kier molecular flexibility index (Phi) is 6.69. The Morgan fingerprint density at radius 1 is 1.39 bits per heavy atom. The SMILES string of the molecule is COCCCCCNC(=O)C1(C#N)CCOCC1. The summed E-state index contributed by atoms with van der Waals surface area (Å²) < 4.78 is 10.2. The van der Waals surface area contributed by atoms with Crippen LogP contribution in [0.3, 0.4) is 0 Å². The van der Waals surface area contributed by atoms with Crippen LogP contribution in [0.4, 0.5) is 0 Å². The maximum atomic E-state index is 12.0. The molecule has 0 aliphatic carbocycles. The summed E-state index contributed by atoms with van der Waals surface area (Å²) in [6.07, 6.45) is 3.95. The second kappa shape index (κ2) is 8.06. The average Bonchev–Trinajstić information content (AvgIpc) is 2.43. The van der Waals surface area contributed by atoms with Gasteiger partial charge in [-0.3, -0.25) is 4.79 Å². The molecule has 1 saturated heterocycles. The predicted molar refractivity (Wildman–Crippen MR) is 66.8 cm³/mol. The Morgan fingerprint density at radius 3 is 2.72 bits per heavy atom. The monoisotopic (exact) mass is 254 g/mol. The number of carbonyl (C=O) groups excluding carboxylic acids is 1. The second-order valence-corrected chi connectivity index (χ2v) is 4.62. The van der Waals surface area contributed by atoms with Gasteiger partial charge in [-0.05, 0) is 32.1 Å². The molecule has 0 radical (unpaired) electrons. The van der Waals surface area contributed by atoms with Gasteiger partial charge in [-0.25, -0.2) is 0 Å². The summed E-state index contributed by atoms with van der Waals surface area (Å²) in [4.78, 5) is 12.0. The molecule has 1 N–H and O–H groups in total. The van der Waals surface area contributed by atoms with Gasteiger partial charge < -0.3 is 14.8 Å². The number of rotatable bonds is 7. The topological polar surface area (TPSA) is 71.3 Å². The van der Waals surface area contributed by atoms with Crippen LogP contribution in [0.25, 0.3) is 0 Å². The van der Waals surface area contributed by atoms with E-state index in [1.54, 1.807) is 7.11 Å². The molecular formula is C13H22N2O3. The van der Waals surface area contributed by atoms with Crippen molar-refractivity contribution >= 4 is 5.91 Å². The molecule has 0 unspecified atom stereocenters. The minimum Gasteiger partial charge on any atom is -0.385 e. The molecule has 0 aromatic carbocycles. The maximum Gasteiger partial charge on any atom is 0.240 e. The predicted octanol–water partition coefficient (Wildman–Crippen LogP) is 1.24. The van der Waals surface area contributed by atoms with Crippen LogP contribution in [0.1, 0.15) is 32.1 Å². The summed E-state index contributed by atoms with van der Waals surface area (Å²) >= 11 is 0. The van der Waals surface area contributed by atoms with Crippen LogP contribution in [-0.2, 0) is 14.3 Å². The van der Waals surface area contributed by atoms with Crippen molar-refractivity contribution in [2.24, 2.45) is 5.41 Å². The normalized spacial score (nSPS) is 18.0. The summed E-state index contributed by atoms with van der Waals surface area (Å²) in [7, 11) is 1.68. The first-order valence-electron chi connectivity index (χ1n) is 6.51. The lowest BCUT2D eigenvalue weighted by Crippen LogP contribution is -2.44. The summed E-state index contributed by atoms with van der Waals surface area (Å²) in [6, 6.07) is 2.17. The van der Waals surface area contributed by atoms with E-state index in [9.17, 15) is 10.1 Å². The molecule has 0 aromatic heterocycles. The Morgan fingerprint density at radius 2 is 2.11 bits per heavy atom. The highest BCUT2D eigenvalue weighted by atomic mass is 16.5. The molecule has 18 heavy (non-hydrogen) atoms. The molecule has 1 amide bonds. The van der Waals surface area contributed by atoms with Crippen LogP contribution in [0.5, 0.6) is 0 Å². The summed E-state index contributed by atoms with van der Waals surface area (Å²) in [5.41, 5.74) is -0.870. The molecule has 0 aromatic rings. The standard InChI is InChI=1S/C13H22N2O3/c1-17-8-4-2-3-7-15-12(16)13(11-14)5-9-18-10-6-13/h2-10H2,1H3,(H,15,16). The smallest absolute Gasteiger partial charge is 0.240 e. The molecule has 102 valence electrons. The van der Waals surface area contributed by atoms with Crippen LogP contribution < -0.4 is 5.32 Å². The first-order valence-corrected chi connectivity index (χ1v) is 6.51. The van der Waals surface area contributed by atoms with Gasteiger partial charge in [0.15, 0.2) is 0 Å². The number of ether oxygens (including phenoxy) is 2. The molecule has 1 heterocycles. The fraction of sp³-hybridized carbons (Fsp3) is 0.846. The van der Waals surface area contributed by atoms with Crippen LogP contribution in [0.2, 0.25) is 0 Å². The van der Waals surface area contributed by atoms with E-state index in [2.05, 4.69) is 11.4 Å². The molecule has 0 atom stereocenters. The van der Waals surface area contributed by atoms with Gasteiger partial charge >= 0.3 is 0 Å². The van der Waals surface area contributed by atoms with E-state index in [4.69, 9.17) is 9.47 Å². The van der Waals surface area contributed by atoms with Gasteiger partial charge in [-0.15, -0.1) is 0 Å². The number of nitrogens with zero attached hydrogens (tertiary/aromatic N) is 1. The van der Waals surface area contributed by atoms with E-state index in [0.717, 1.165) is 25.9 Å². The van der Waals surface area contributed by atoms with Gasteiger partial charge in [0, 0.05) is 33.5 Å². The van der Waals surface area contributed by atoms with Crippen molar-refractivity contribution in [2.45, 2.75) is 32.1 Å². The van der Waals surface area contributed by atoms with Crippen molar-refractivity contribution in [3.63, 3.8) is 0 Å². The van der Waals surface area contributed by atoms with Gasteiger partial charge in [0.25, 0.3) is 0 Å². The number of carbonyl (C=O) groups is 1. The zero-order chi connectivity index (χ0) is 13.3. The van der Waals surface area contributed by atoms with E-state index in [0.29, 0.717) is 32.6 Å². The minimum atomic E-state index is -0.870. The highest BCUT2D eigenvalue weighted by molar-refractivity contribution is 5.85. The van der Waals surface area contributed by atoms with Crippen LogP contribution in [0, 0.1) is 16.7 Å². The Hall–Kier alpha value is -1.12. The van der Waals surface area contributed by atoms with Crippen LogP contribution >= 0.6 is 0 Å². The summed E-state index contributed by atoms with van der Waals surface area (Å²) in [6.45, 7) is 2.38. The summed E-state index contributed by atoms with van der Waals surface area (Å²) in [5, 5.41) is 12.1. The molecule has 1 aliphatic rings. The highest BCUT2D eigenvalue weighted by Crippen LogP contribution is 2.29. The lowest BCUT2D eigenvalue weighted by molar-refractivity contribution is -0.132. The van der Waals surface area contributed by atoms with Crippen molar-refractivity contribution in [1.82, 2.24) is 5.32 Å². The molecule has 5 nitrogen and oxygen atoms in total. The Labute approximate surface area is 108 Å². The van der Waals surface area contributed by atoms with Crippen molar-refractivity contribution in [3.8, 4) is 6.07 Å². The van der Waals surface area contributed by atoms with Crippen molar-refractivity contribution in [1.29, 1.82) is 5.26 Å². The number of hydrogen-bond donors (Lipinski definition) is 1. The van der Waals surface area contributed by atoms with Crippen LogP contribution in [0.15, 0.2) is 0 Å². The number of nitriles is 1. The zero-order valence-corrected chi connectivity index (χ0v) is 11.0. The van der Waals surface area contributed by atoms with Gasteiger partial charge in [0.1, 0.15) is 5.41 Å². The van der Waals surface area contributed by atoms with Gasteiger partial charge in [0.2, 0.25) is 5.91 Å². The number of nitrogens with one attached hydrogen (secondary N) is 1. The number of amides is 1. The quantitative estimate of drug-likeness (QED) is 0.694. The van der Waals surface area contributed by atoms with Crippen molar-refractivity contribution in [2.75, 3.05) is 33.5 Å². The second-order valence-electron chi connectivity index (χ2n) is 4.62. The lowest BCUT2D eigenvalue weighted by Gasteiger charge is -2.29. The average molecular weight is 254 g/mol. The molecule has 1 rings (SSSR count). The van der Waals surface area contributed by atoms with E-state index in [-0.39, 0.29) is 5.91 Å². The third kappa shape index (κ3) is 4.28. The van der Waals surface area contributed by atoms with Crippen LogP contribution in [-0.4, -0.2) is 39.4 Å². The van der Waals surface area contributed by atoms with Crippen molar-refractivity contribution in [3.05, 3.63) is 0 Å². The number of unbranched alkanes of at least 4 members (excludes halogenated alkanes) is 2. The molecule has 1 aliphatic heterocycles. The molecule has 0 spiro atoms. The number of hydrogen-bond acceptors (Lipinski definition) is 4. The van der Waals surface area contributed by atoms with Crippen molar-refractivity contribution < 1.29 is 14.3 Å². The van der Waals surface area contributed by atoms with E-state index in [1.165, 1.54) is 0 Å². The van der Waals surface area contributed by atoms with Gasteiger partial charge in [0.05, 0.1) is 6.07 Å². The largest absolute Gasteiger partial charge is 0.385 e. The van der Waals surface area contributed by atoms with E-state index < -0.39 is 5.41 Å². The first kappa shape index (κ1) is 14.9. The molecule has 0 bridgehead atoms. The van der Waals surface area contributed by atoms with E-state index >= 15 is 0 Å². The lowest BCUT2D eigenvalue weighted by atomic mass is 9.81. The van der Waals surface area contributed by atoms with E-state index in [1.807, 2.05) is 0 Å². The highest BCUT2D eigenvalue weighted by Gasteiger charge is 2.40. The third-order valence-corrected chi connectivity index (χ3v) is 3.31. The molecule has 5 heteroatoms. The number of methoxy groups -OCH3 is 1. The first-order chi connectivity index (χ1) is 8.75. The molecule has 0 saturated carbocycles. The fourth-order valence-corrected chi connectivity index (χ4v) is 2.03. The third-order valence-electron chi connectivity index (χ3n) is 3.31. The fourth-order valence-electron chi connectivity index (χ4n) is 2.03. The maximum absolute atomic E-state index is 12.0. The zero-order valence-electron chi connectivity index (χ0n) is 11.0. The molecule has 1 fully saturated rings. The Bertz CT molecular complexity index is 293. The van der Waals surface area contributed by atoms with Gasteiger partial charge in [-0.1, -0.05) is 0 Å². The molecular weight excluding hydrogens is 232 g/mol. The Balaban J connectivity index is 2.24. The minimum absolute atomic E-state index is 0.139.